The maximum atomic E-state index is 5.88. The Kier molecular flexibility index (Phi) is 8.76. The van der Waals surface area contributed by atoms with Gasteiger partial charge in [0.15, 0.2) is 0 Å². The average Bonchev–Trinajstić information content (AvgIpc) is 2.08. The third-order valence-corrected chi connectivity index (χ3v) is 5.86. The van der Waals surface area contributed by atoms with E-state index in [0.29, 0.717) is 0 Å². The third kappa shape index (κ3) is 3.67. The van der Waals surface area contributed by atoms with Gasteiger partial charge < -0.3 is 0 Å². The molecule has 0 atom stereocenters. The van der Waals surface area contributed by atoms with Crippen molar-refractivity contribution in [2.24, 2.45) is 0 Å². The van der Waals surface area contributed by atoms with E-state index >= 15 is 0 Å². The summed E-state index contributed by atoms with van der Waals surface area (Å²) in [5, 5.41) is -2.62. The molecule has 0 spiro atoms. The van der Waals surface area contributed by atoms with Crippen LogP contribution in [0, 0.1) is 0 Å². The molecular weight excluding hydrogens is 324 g/mol. The first-order valence-electron chi connectivity index (χ1n) is 3.31. The molecule has 0 nitrogen and oxygen atoms in total. The number of rotatable bonds is 0. The summed E-state index contributed by atoms with van der Waals surface area (Å²) in [5.41, 5.74) is 0. The molecule has 0 unspecified atom stereocenters. The molecule has 0 aromatic heterocycles. The van der Waals surface area contributed by atoms with E-state index in [1.807, 2.05) is 0 Å². The zero-order valence-electron chi connectivity index (χ0n) is 5.73. The molecule has 13 heavy (non-hydrogen) atoms. The fourth-order valence-electron chi connectivity index (χ4n) is 1.05. The van der Waals surface area contributed by atoms with Gasteiger partial charge >= 0.3 is 51.4 Å². The monoisotopic (exact) mass is 328 g/mol. The minimum absolute atomic E-state index is 0. The van der Waals surface area contributed by atoms with Gasteiger partial charge in [0.2, 0.25) is 0 Å². The van der Waals surface area contributed by atoms with Crippen molar-refractivity contribution < 1.29 is 0 Å². The van der Waals surface area contributed by atoms with Crippen LogP contribution in [0.25, 0.3) is 0 Å². The molecule has 0 aromatic rings. The van der Waals surface area contributed by atoms with Crippen LogP contribution in [0.3, 0.4) is 0 Å². The molecule has 7 heteroatoms. The molecule has 1 aliphatic carbocycles. The van der Waals surface area contributed by atoms with E-state index in [4.69, 9.17) is 69.6 Å². The van der Waals surface area contributed by atoms with Crippen molar-refractivity contribution in [3.05, 3.63) is 0 Å². The second kappa shape index (κ2) is 6.95. The Bertz CT molecular complexity index is 109. The topological polar surface area (TPSA) is 0 Å². The summed E-state index contributed by atoms with van der Waals surface area (Å²) in [4.78, 5) is 0. The van der Waals surface area contributed by atoms with E-state index in [1.165, 1.54) is 0 Å². The molecule has 0 radical (unpaired) electrons. The Morgan fingerprint density at radius 1 is 0.385 bits per heavy atom. The first-order chi connectivity index (χ1) is 5.46. The van der Waals surface area contributed by atoms with Crippen molar-refractivity contribution in [1.29, 1.82) is 0 Å². The SMILES string of the molecule is Cl[C@H]1[C@H](Cl)[C@@H](Cl)[C@@H](Cl)[C@H](Cl)[C@H]1Cl.[KH]. The first-order valence-corrected chi connectivity index (χ1v) is 5.93. The number of hydrogen-bond acceptors (Lipinski definition) is 0. The summed E-state index contributed by atoms with van der Waals surface area (Å²) in [6.07, 6.45) is 0. The fraction of sp³-hybridized carbons (Fsp3) is 1.00. The van der Waals surface area contributed by atoms with Gasteiger partial charge in [-0.2, -0.15) is 0 Å². The van der Waals surface area contributed by atoms with E-state index in [2.05, 4.69) is 0 Å². The predicted molar refractivity (Wildman–Crippen MR) is 65.0 cm³/mol. The van der Waals surface area contributed by atoms with Crippen molar-refractivity contribution in [1.82, 2.24) is 0 Å². The Labute approximate surface area is 150 Å². The van der Waals surface area contributed by atoms with Crippen LogP contribution < -0.4 is 0 Å². The zero-order chi connectivity index (χ0) is 9.46. The normalized spacial score (nSPS) is 51.2. The Morgan fingerprint density at radius 2 is 0.462 bits per heavy atom. The van der Waals surface area contributed by atoms with Crippen LogP contribution in [0.2, 0.25) is 0 Å². The van der Waals surface area contributed by atoms with Crippen molar-refractivity contribution in [2.45, 2.75) is 32.3 Å². The van der Waals surface area contributed by atoms with Crippen molar-refractivity contribution in [3.63, 3.8) is 0 Å². The van der Waals surface area contributed by atoms with E-state index in [0.717, 1.165) is 0 Å². The second-order valence-electron chi connectivity index (χ2n) is 2.67. The zero-order valence-corrected chi connectivity index (χ0v) is 10.3. The van der Waals surface area contributed by atoms with Crippen molar-refractivity contribution in [3.8, 4) is 0 Å². The quantitative estimate of drug-likeness (QED) is 0.473. The first kappa shape index (κ1) is 16.4. The number of halogens is 6. The average molecular weight is 331 g/mol. The van der Waals surface area contributed by atoms with Crippen LogP contribution in [0.15, 0.2) is 0 Å². The molecule has 1 rings (SSSR count). The van der Waals surface area contributed by atoms with Gasteiger partial charge in [-0.25, -0.2) is 0 Å². The molecule has 0 amide bonds. The minimum atomic E-state index is -0.437. The molecule has 1 fully saturated rings. The summed E-state index contributed by atoms with van der Waals surface area (Å²) in [7, 11) is 0. The van der Waals surface area contributed by atoms with E-state index < -0.39 is 32.3 Å². The maximum absolute atomic E-state index is 5.88. The van der Waals surface area contributed by atoms with Crippen LogP contribution in [0.1, 0.15) is 0 Å². The molecule has 0 aromatic carbocycles. The summed E-state index contributed by atoms with van der Waals surface area (Å²) >= 11 is 35.3. The standard InChI is InChI=1S/C6H6Cl6.K.H/c7-1-2(8)4(10)6(12)5(11)3(1)9;;/h1-6H;;/t1-,2-,3-,4+,5+,6+;;. The molecular formula is C6H7Cl6K. The Hall–Kier alpha value is 3.38. The summed E-state index contributed by atoms with van der Waals surface area (Å²) in [6, 6.07) is 0. The van der Waals surface area contributed by atoms with Crippen LogP contribution in [-0.2, 0) is 0 Å². The third-order valence-electron chi connectivity index (χ3n) is 1.83. The van der Waals surface area contributed by atoms with E-state index in [-0.39, 0.29) is 51.4 Å². The molecule has 74 valence electrons. The van der Waals surface area contributed by atoms with Gasteiger partial charge in [0.1, 0.15) is 0 Å². The van der Waals surface area contributed by atoms with Gasteiger partial charge in [-0.15, -0.1) is 69.6 Å². The van der Waals surface area contributed by atoms with Gasteiger partial charge in [-0.1, -0.05) is 0 Å². The number of alkyl halides is 6. The Balaban J connectivity index is 0.00000144. The van der Waals surface area contributed by atoms with Gasteiger partial charge in [-0.05, 0) is 0 Å². The van der Waals surface area contributed by atoms with Crippen LogP contribution in [0.5, 0.6) is 0 Å². The van der Waals surface area contributed by atoms with Gasteiger partial charge in [0.25, 0.3) is 0 Å². The number of hydrogen-bond donors (Lipinski definition) is 0. The van der Waals surface area contributed by atoms with Crippen LogP contribution >= 0.6 is 69.6 Å². The molecule has 1 aliphatic rings. The van der Waals surface area contributed by atoms with Gasteiger partial charge in [0.05, 0.1) is 32.3 Å². The Morgan fingerprint density at radius 3 is 0.538 bits per heavy atom. The van der Waals surface area contributed by atoms with Gasteiger partial charge in [-0.3, -0.25) is 0 Å². The van der Waals surface area contributed by atoms with Crippen LogP contribution in [-0.4, -0.2) is 83.6 Å². The molecule has 0 bridgehead atoms. The molecule has 0 saturated heterocycles. The van der Waals surface area contributed by atoms with E-state index in [9.17, 15) is 0 Å². The molecule has 0 N–H and O–H groups in total. The molecule has 0 aliphatic heterocycles. The van der Waals surface area contributed by atoms with Gasteiger partial charge in [0, 0.05) is 0 Å². The molecule has 0 heterocycles. The van der Waals surface area contributed by atoms with Crippen LogP contribution in [0.4, 0.5) is 0 Å². The van der Waals surface area contributed by atoms with Crippen molar-refractivity contribution in [2.75, 3.05) is 0 Å². The fourth-order valence-corrected chi connectivity index (χ4v) is 3.38. The summed E-state index contributed by atoms with van der Waals surface area (Å²) in [5.74, 6) is 0. The van der Waals surface area contributed by atoms with E-state index in [1.54, 1.807) is 0 Å². The second-order valence-corrected chi connectivity index (χ2v) is 5.69. The predicted octanol–water partition coefficient (Wildman–Crippen LogP) is 3.00. The summed E-state index contributed by atoms with van der Waals surface area (Å²) in [6.45, 7) is 0. The van der Waals surface area contributed by atoms with Crippen molar-refractivity contribution >= 4 is 121 Å². The molecule has 1 saturated carbocycles. The summed E-state index contributed by atoms with van der Waals surface area (Å²) < 4.78 is 0.